The largest absolute Gasteiger partial charge is 0.393 e. The molecule has 1 heterocycles. The molecule has 2 N–H and O–H groups in total. The van der Waals surface area contributed by atoms with Crippen LogP contribution in [0.2, 0.25) is 0 Å². The number of aliphatic hydroxyl groups excluding tert-OH is 1. The first-order chi connectivity index (χ1) is 8.56. The number of rotatable bonds is 4. The summed E-state index contributed by atoms with van der Waals surface area (Å²) in [5.41, 5.74) is 1.15. The van der Waals surface area contributed by atoms with Crippen LogP contribution >= 0.6 is 11.3 Å². The topological polar surface area (TPSA) is 45.2 Å². The maximum atomic E-state index is 9.67. The van der Waals surface area contributed by atoms with Crippen LogP contribution in [0.25, 0.3) is 0 Å². The molecule has 2 rings (SSSR count). The van der Waals surface area contributed by atoms with E-state index in [0.717, 1.165) is 30.1 Å². The third-order valence-corrected chi connectivity index (χ3v) is 5.06. The molecule has 3 atom stereocenters. The summed E-state index contributed by atoms with van der Waals surface area (Å²) in [6.07, 6.45) is 4.28. The van der Waals surface area contributed by atoms with Gasteiger partial charge >= 0.3 is 0 Å². The third kappa shape index (κ3) is 3.53. The first kappa shape index (κ1) is 14.0. The molecule has 1 fully saturated rings. The molecule has 0 aromatic carbocycles. The fourth-order valence-corrected chi connectivity index (χ4v) is 3.79. The van der Waals surface area contributed by atoms with E-state index in [4.69, 9.17) is 0 Å². The van der Waals surface area contributed by atoms with E-state index in [1.165, 1.54) is 17.7 Å². The standard InChI is InChI=1S/C14H24N2OS/c1-9(14-10(2)16-11(3)18-14)15-8-12-5-4-6-13(17)7-12/h9,12-13,15,17H,4-8H2,1-3H3. The predicted octanol–water partition coefficient (Wildman–Crippen LogP) is 2.96. The Bertz CT molecular complexity index is 391. The van der Waals surface area contributed by atoms with E-state index in [1.54, 1.807) is 11.3 Å². The molecule has 1 aromatic heterocycles. The van der Waals surface area contributed by atoms with Crippen LogP contribution in [0.4, 0.5) is 0 Å². The molecule has 1 aromatic rings. The highest BCUT2D eigenvalue weighted by molar-refractivity contribution is 7.11. The average molecular weight is 268 g/mol. The zero-order chi connectivity index (χ0) is 13.1. The maximum Gasteiger partial charge on any atom is 0.0900 e. The van der Waals surface area contributed by atoms with Gasteiger partial charge < -0.3 is 10.4 Å². The molecule has 0 amide bonds. The Labute approximate surface area is 114 Å². The minimum atomic E-state index is -0.0757. The highest BCUT2D eigenvalue weighted by Gasteiger charge is 2.21. The fraction of sp³-hybridized carbons (Fsp3) is 0.786. The molecule has 0 saturated heterocycles. The first-order valence-corrected chi connectivity index (χ1v) is 7.73. The van der Waals surface area contributed by atoms with Gasteiger partial charge in [0.25, 0.3) is 0 Å². The monoisotopic (exact) mass is 268 g/mol. The average Bonchev–Trinajstić information content (AvgIpc) is 2.66. The molecular weight excluding hydrogens is 244 g/mol. The van der Waals surface area contributed by atoms with Crippen molar-refractivity contribution in [2.75, 3.05) is 6.54 Å². The summed E-state index contributed by atoms with van der Waals surface area (Å²) >= 11 is 1.79. The number of aliphatic hydroxyl groups is 1. The lowest BCUT2D eigenvalue weighted by Gasteiger charge is -2.27. The Morgan fingerprint density at radius 2 is 2.22 bits per heavy atom. The van der Waals surface area contributed by atoms with Gasteiger partial charge in [0.2, 0.25) is 0 Å². The van der Waals surface area contributed by atoms with Gasteiger partial charge in [-0.3, -0.25) is 0 Å². The summed E-state index contributed by atoms with van der Waals surface area (Å²) in [6.45, 7) is 7.36. The second-order valence-electron chi connectivity index (χ2n) is 5.50. The van der Waals surface area contributed by atoms with Gasteiger partial charge in [-0.1, -0.05) is 6.42 Å². The molecule has 1 aliphatic carbocycles. The maximum absolute atomic E-state index is 9.67. The van der Waals surface area contributed by atoms with Crippen LogP contribution in [-0.2, 0) is 0 Å². The van der Waals surface area contributed by atoms with Crippen LogP contribution in [-0.4, -0.2) is 22.7 Å². The lowest BCUT2D eigenvalue weighted by molar-refractivity contribution is 0.0998. The van der Waals surface area contributed by atoms with Crippen molar-refractivity contribution >= 4 is 11.3 Å². The van der Waals surface area contributed by atoms with Gasteiger partial charge in [-0.05, 0) is 52.5 Å². The second-order valence-corrected chi connectivity index (χ2v) is 6.73. The van der Waals surface area contributed by atoms with Crippen molar-refractivity contribution in [3.05, 3.63) is 15.6 Å². The second kappa shape index (κ2) is 6.13. The van der Waals surface area contributed by atoms with Crippen molar-refractivity contribution in [1.82, 2.24) is 10.3 Å². The van der Waals surface area contributed by atoms with Crippen molar-refractivity contribution < 1.29 is 5.11 Å². The van der Waals surface area contributed by atoms with Crippen molar-refractivity contribution in [3.63, 3.8) is 0 Å². The first-order valence-electron chi connectivity index (χ1n) is 6.91. The number of hydrogen-bond donors (Lipinski definition) is 2. The van der Waals surface area contributed by atoms with Gasteiger partial charge in [0.05, 0.1) is 16.8 Å². The summed E-state index contributed by atoms with van der Waals surface area (Å²) in [6, 6.07) is 0.371. The molecule has 0 radical (unpaired) electrons. The Balaban J connectivity index is 1.84. The van der Waals surface area contributed by atoms with Crippen LogP contribution in [0.5, 0.6) is 0 Å². The molecule has 0 bridgehead atoms. The molecule has 1 aliphatic rings. The van der Waals surface area contributed by atoms with Crippen LogP contribution in [0, 0.1) is 19.8 Å². The van der Waals surface area contributed by atoms with E-state index < -0.39 is 0 Å². The number of aromatic nitrogens is 1. The van der Waals surface area contributed by atoms with Crippen LogP contribution < -0.4 is 5.32 Å². The highest BCUT2D eigenvalue weighted by Crippen LogP contribution is 2.27. The molecule has 0 aliphatic heterocycles. The summed E-state index contributed by atoms with van der Waals surface area (Å²) in [5.74, 6) is 0.630. The van der Waals surface area contributed by atoms with E-state index in [0.29, 0.717) is 12.0 Å². The Kier molecular flexibility index (Phi) is 4.76. The number of nitrogens with zero attached hydrogens (tertiary/aromatic N) is 1. The molecule has 3 unspecified atom stereocenters. The van der Waals surface area contributed by atoms with E-state index in [9.17, 15) is 5.11 Å². The van der Waals surface area contributed by atoms with Gasteiger partial charge in [-0.15, -0.1) is 11.3 Å². The molecule has 3 nitrogen and oxygen atoms in total. The third-order valence-electron chi connectivity index (χ3n) is 3.80. The van der Waals surface area contributed by atoms with Crippen molar-refractivity contribution in [2.45, 2.75) is 58.6 Å². The summed E-state index contributed by atoms with van der Waals surface area (Å²) in [7, 11) is 0. The normalized spacial score (nSPS) is 26.2. The van der Waals surface area contributed by atoms with E-state index in [-0.39, 0.29) is 6.10 Å². The molecule has 18 heavy (non-hydrogen) atoms. The van der Waals surface area contributed by atoms with Gasteiger partial charge in [0.1, 0.15) is 0 Å². The Morgan fingerprint density at radius 1 is 1.44 bits per heavy atom. The minimum Gasteiger partial charge on any atom is -0.393 e. The van der Waals surface area contributed by atoms with E-state index >= 15 is 0 Å². The molecule has 102 valence electrons. The van der Waals surface area contributed by atoms with Crippen molar-refractivity contribution in [3.8, 4) is 0 Å². The number of aryl methyl sites for hydroxylation is 2. The van der Waals surface area contributed by atoms with Crippen molar-refractivity contribution in [2.24, 2.45) is 5.92 Å². The van der Waals surface area contributed by atoms with Gasteiger partial charge in [0.15, 0.2) is 0 Å². The fourth-order valence-electron chi connectivity index (χ4n) is 2.83. The number of thiazole rings is 1. The van der Waals surface area contributed by atoms with Crippen molar-refractivity contribution in [1.29, 1.82) is 0 Å². The number of nitrogens with one attached hydrogen (secondary N) is 1. The molecule has 1 saturated carbocycles. The van der Waals surface area contributed by atoms with Crippen LogP contribution in [0.1, 0.15) is 54.2 Å². The minimum absolute atomic E-state index is 0.0757. The lowest BCUT2D eigenvalue weighted by Crippen LogP contribution is -2.30. The SMILES string of the molecule is Cc1nc(C)c(C(C)NCC2CCCC(O)C2)s1. The zero-order valence-electron chi connectivity index (χ0n) is 11.6. The Morgan fingerprint density at radius 3 is 2.83 bits per heavy atom. The smallest absolute Gasteiger partial charge is 0.0900 e. The van der Waals surface area contributed by atoms with Gasteiger partial charge in [-0.25, -0.2) is 4.98 Å². The zero-order valence-corrected chi connectivity index (χ0v) is 12.4. The van der Waals surface area contributed by atoms with Gasteiger partial charge in [0, 0.05) is 10.9 Å². The quantitative estimate of drug-likeness (QED) is 0.882. The van der Waals surface area contributed by atoms with Gasteiger partial charge in [-0.2, -0.15) is 0 Å². The molecular formula is C14H24N2OS. The molecule has 4 heteroatoms. The summed E-state index contributed by atoms with van der Waals surface area (Å²) in [5, 5.41) is 14.4. The van der Waals surface area contributed by atoms with E-state index in [2.05, 4.69) is 31.1 Å². The lowest BCUT2D eigenvalue weighted by atomic mass is 9.87. The summed E-state index contributed by atoms with van der Waals surface area (Å²) < 4.78 is 0. The molecule has 0 spiro atoms. The summed E-state index contributed by atoms with van der Waals surface area (Å²) in [4.78, 5) is 5.83. The van der Waals surface area contributed by atoms with E-state index in [1.807, 2.05) is 0 Å². The van der Waals surface area contributed by atoms with Crippen LogP contribution in [0.15, 0.2) is 0 Å². The Hall–Kier alpha value is -0.450. The highest BCUT2D eigenvalue weighted by atomic mass is 32.1. The predicted molar refractivity (Wildman–Crippen MR) is 76.0 cm³/mol. The van der Waals surface area contributed by atoms with Crippen LogP contribution in [0.3, 0.4) is 0 Å². The number of hydrogen-bond acceptors (Lipinski definition) is 4.